The molecule has 0 saturated carbocycles. The molecule has 2 heteroatoms. The van der Waals surface area contributed by atoms with Crippen LogP contribution in [0.15, 0.2) is 83.5 Å². The second kappa shape index (κ2) is 12.6. The van der Waals surface area contributed by atoms with E-state index >= 15 is 0 Å². The summed E-state index contributed by atoms with van der Waals surface area (Å²) in [6.45, 7) is 10.3. The number of fused-ring (bicyclic) bond motifs is 3. The Morgan fingerprint density at radius 3 is 2.40 bits per heavy atom. The molecule has 6 bridgehead atoms. The molecular weight excluding hydrogens is 508 g/mol. The summed E-state index contributed by atoms with van der Waals surface area (Å²) in [6, 6.07) is 19.7. The predicted octanol–water partition coefficient (Wildman–Crippen LogP) is 8.17. The maximum atomic E-state index is 3.94. The zero-order valence-corrected chi connectivity index (χ0v) is 26.4. The second-order valence-electron chi connectivity index (χ2n) is 13.0. The number of allylic oxidation sites excluding steroid dienone is 4. The van der Waals surface area contributed by atoms with Crippen LogP contribution in [0.4, 0.5) is 0 Å². The molecule has 1 aliphatic heterocycles. The Morgan fingerprint density at radius 2 is 1.62 bits per heavy atom. The molecule has 2 nitrogen and oxygen atoms in total. The fourth-order valence-electron chi connectivity index (χ4n) is 7.64. The Kier molecular flexibility index (Phi) is 8.65. The lowest BCUT2D eigenvalue weighted by atomic mass is 9.79. The molecule has 4 aliphatic rings. The van der Waals surface area contributed by atoms with Gasteiger partial charge in [-0.05, 0) is 146 Å². The van der Waals surface area contributed by atoms with Crippen LogP contribution < -0.4 is 10.6 Å². The molecule has 3 aromatic carbocycles. The van der Waals surface area contributed by atoms with Crippen LogP contribution in [0.5, 0.6) is 0 Å². The van der Waals surface area contributed by atoms with Crippen LogP contribution in [0, 0.1) is 13.8 Å². The molecule has 1 heterocycles. The van der Waals surface area contributed by atoms with Gasteiger partial charge in [-0.1, -0.05) is 85.7 Å². The molecule has 3 aliphatic carbocycles. The quantitative estimate of drug-likeness (QED) is 0.340. The highest BCUT2D eigenvalue weighted by atomic mass is 14.9. The molecule has 0 radical (unpaired) electrons. The lowest BCUT2D eigenvalue weighted by Gasteiger charge is -2.32. The van der Waals surface area contributed by atoms with E-state index in [4.69, 9.17) is 0 Å². The minimum Gasteiger partial charge on any atom is -0.313 e. The van der Waals surface area contributed by atoms with Gasteiger partial charge in [0.25, 0.3) is 0 Å². The van der Waals surface area contributed by atoms with Crippen molar-refractivity contribution < 1.29 is 0 Å². The summed E-state index contributed by atoms with van der Waals surface area (Å²) in [6.07, 6.45) is 15.8. The molecule has 2 atom stereocenters. The van der Waals surface area contributed by atoms with Crippen molar-refractivity contribution in [3.63, 3.8) is 0 Å². The van der Waals surface area contributed by atoms with Crippen LogP contribution in [0.25, 0.3) is 0 Å². The summed E-state index contributed by atoms with van der Waals surface area (Å²) >= 11 is 0. The first-order valence-electron chi connectivity index (χ1n) is 16.2. The van der Waals surface area contributed by atoms with Crippen molar-refractivity contribution in [2.45, 2.75) is 91.1 Å². The Bertz CT molecular complexity index is 1550. The van der Waals surface area contributed by atoms with Crippen molar-refractivity contribution in [2.75, 3.05) is 13.6 Å². The Hall–Kier alpha value is -3.20. The van der Waals surface area contributed by atoms with E-state index in [9.17, 15) is 0 Å². The zero-order valence-electron chi connectivity index (χ0n) is 26.4. The molecule has 2 N–H and O–H groups in total. The topological polar surface area (TPSA) is 24.1 Å². The average molecular weight is 557 g/mol. The van der Waals surface area contributed by atoms with Crippen LogP contribution in [0.2, 0.25) is 0 Å². The largest absolute Gasteiger partial charge is 0.313 e. The predicted molar refractivity (Wildman–Crippen MR) is 179 cm³/mol. The summed E-state index contributed by atoms with van der Waals surface area (Å²) in [5, 5.41) is 7.68. The van der Waals surface area contributed by atoms with Crippen molar-refractivity contribution in [1.29, 1.82) is 0 Å². The van der Waals surface area contributed by atoms with Gasteiger partial charge in [0.15, 0.2) is 0 Å². The molecule has 0 spiro atoms. The smallest absolute Gasteiger partial charge is 0.0366 e. The molecule has 42 heavy (non-hydrogen) atoms. The highest BCUT2D eigenvalue weighted by Crippen LogP contribution is 2.36. The van der Waals surface area contributed by atoms with Gasteiger partial charge >= 0.3 is 0 Å². The van der Waals surface area contributed by atoms with Gasteiger partial charge in [-0.3, -0.25) is 0 Å². The van der Waals surface area contributed by atoms with E-state index in [2.05, 4.69) is 112 Å². The van der Waals surface area contributed by atoms with Gasteiger partial charge in [-0.15, -0.1) is 0 Å². The normalized spacial score (nSPS) is 21.2. The zero-order chi connectivity index (χ0) is 29.2. The molecule has 0 amide bonds. The van der Waals surface area contributed by atoms with E-state index in [1.807, 2.05) is 0 Å². The van der Waals surface area contributed by atoms with E-state index in [1.54, 1.807) is 22.3 Å². The van der Waals surface area contributed by atoms with E-state index in [0.717, 1.165) is 57.9 Å². The van der Waals surface area contributed by atoms with Gasteiger partial charge in [0.05, 0.1) is 0 Å². The molecule has 3 aromatic rings. The number of aryl methyl sites for hydroxylation is 2. The SMILES string of the molecule is CCCC1=C2/C=C/Cc3c(c(C)cc4c3C(Cc3ccc(cc3)Cc3cc(ccc3C)CC2NC)NCC4)CC(C)=C1. The lowest BCUT2D eigenvalue weighted by Crippen LogP contribution is -2.33. The standard InChI is InChI=1S/C40H48N2/c1-6-8-32-19-26(2)20-37-28(4)21-33-17-18-42-39-24-30-15-13-29(14-16-30)22-34-23-31(12-11-27(34)3)25-38(41-5)35(32)9-7-10-36(37)40(33)39/h7,9,11-16,19,21,23,38-39,41-42H,6,8,10,17-18,20,22,24-25H2,1-5H3/b9-7+,26-19?,35-32?. The number of hydrogen-bond donors (Lipinski definition) is 2. The van der Waals surface area contributed by atoms with Gasteiger partial charge < -0.3 is 10.6 Å². The molecule has 0 saturated heterocycles. The first-order chi connectivity index (χ1) is 20.4. The third-order valence-corrected chi connectivity index (χ3v) is 9.86. The van der Waals surface area contributed by atoms with Crippen molar-refractivity contribution in [2.24, 2.45) is 0 Å². The van der Waals surface area contributed by atoms with Crippen LogP contribution in [-0.2, 0) is 38.5 Å². The molecule has 7 rings (SSSR count). The van der Waals surface area contributed by atoms with E-state index < -0.39 is 0 Å². The summed E-state index contributed by atoms with van der Waals surface area (Å²) in [5.41, 5.74) is 19.1. The van der Waals surface area contributed by atoms with Crippen LogP contribution in [0.1, 0.15) is 88.4 Å². The first-order valence-corrected chi connectivity index (χ1v) is 16.2. The minimum absolute atomic E-state index is 0.264. The summed E-state index contributed by atoms with van der Waals surface area (Å²) in [7, 11) is 2.14. The van der Waals surface area contributed by atoms with E-state index in [1.165, 1.54) is 50.1 Å². The number of likely N-dealkylation sites (N-methyl/N-ethyl adjacent to an activating group) is 1. The van der Waals surface area contributed by atoms with E-state index in [0.29, 0.717) is 6.04 Å². The second-order valence-corrected chi connectivity index (χ2v) is 13.0. The van der Waals surface area contributed by atoms with E-state index in [-0.39, 0.29) is 6.04 Å². The van der Waals surface area contributed by atoms with Crippen LogP contribution >= 0.6 is 0 Å². The van der Waals surface area contributed by atoms with Crippen molar-refractivity contribution in [3.8, 4) is 0 Å². The fourth-order valence-corrected chi connectivity index (χ4v) is 7.64. The fraction of sp³-hybridized carbons (Fsp3) is 0.400. The van der Waals surface area contributed by atoms with Crippen molar-refractivity contribution >= 4 is 0 Å². The number of rotatable bonds is 3. The molecule has 2 unspecified atom stereocenters. The molecule has 0 fully saturated rings. The number of nitrogens with one attached hydrogen (secondary N) is 2. The van der Waals surface area contributed by atoms with Crippen molar-refractivity contribution in [1.82, 2.24) is 10.6 Å². The highest BCUT2D eigenvalue weighted by molar-refractivity contribution is 5.53. The average Bonchev–Trinajstić information content (AvgIpc) is 2.97. The van der Waals surface area contributed by atoms with Gasteiger partial charge in [0.1, 0.15) is 0 Å². The number of benzene rings is 3. The summed E-state index contributed by atoms with van der Waals surface area (Å²) < 4.78 is 0. The highest BCUT2D eigenvalue weighted by Gasteiger charge is 2.27. The monoisotopic (exact) mass is 556 g/mol. The summed E-state index contributed by atoms with van der Waals surface area (Å²) in [4.78, 5) is 0. The third-order valence-electron chi connectivity index (χ3n) is 9.86. The van der Waals surface area contributed by atoms with Gasteiger partial charge in [0.2, 0.25) is 0 Å². The van der Waals surface area contributed by atoms with Gasteiger partial charge in [-0.2, -0.15) is 0 Å². The van der Waals surface area contributed by atoms with Gasteiger partial charge in [-0.25, -0.2) is 0 Å². The third kappa shape index (κ3) is 5.98. The molecule has 218 valence electrons. The summed E-state index contributed by atoms with van der Waals surface area (Å²) in [5.74, 6) is 0. The van der Waals surface area contributed by atoms with Crippen LogP contribution in [-0.4, -0.2) is 19.6 Å². The molecule has 0 aromatic heterocycles. The molecular formula is C40H48N2. The Balaban J connectivity index is 1.56. The first kappa shape index (κ1) is 28.9. The Labute approximate surface area is 254 Å². The maximum absolute atomic E-state index is 3.94. The van der Waals surface area contributed by atoms with Gasteiger partial charge in [0, 0.05) is 12.1 Å². The number of hydrogen-bond acceptors (Lipinski definition) is 2. The van der Waals surface area contributed by atoms with Crippen molar-refractivity contribution in [3.05, 3.63) is 139 Å². The maximum Gasteiger partial charge on any atom is 0.0366 e. The Morgan fingerprint density at radius 1 is 0.833 bits per heavy atom. The lowest BCUT2D eigenvalue weighted by molar-refractivity contribution is 0.498. The van der Waals surface area contributed by atoms with Crippen LogP contribution in [0.3, 0.4) is 0 Å². The minimum atomic E-state index is 0.264.